The normalized spacial score (nSPS) is 51.7. The van der Waals surface area contributed by atoms with E-state index in [1.165, 1.54) is 32.0 Å². The van der Waals surface area contributed by atoms with E-state index in [2.05, 4.69) is 13.8 Å². The zero-order valence-electron chi connectivity index (χ0n) is 16.3. The van der Waals surface area contributed by atoms with Crippen LogP contribution in [0.4, 0.5) is 0 Å². The minimum atomic E-state index is -0.989. The summed E-state index contributed by atoms with van der Waals surface area (Å²) in [5.41, 5.74) is 5.88. The molecule has 9 atom stereocenters. The first-order chi connectivity index (χ1) is 12.3. The van der Waals surface area contributed by atoms with Crippen LogP contribution in [0.5, 0.6) is 0 Å². The van der Waals surface area contributed by atoms with Crippen LogP contribution < -0.4 is 5.73 Å². The van der Waals surface area contributed by atoms with E-state index in [4.69, 9.17) is 5.73 Å². The van der Waals surface area contributed by atoms with Crippen LogP contribution in [0.15, 0.2) is 0 Å². The SMILES string of the molecule is C[C@]12CCC(C=O)C[C@@H]1CC[C@@H]1[C@@H]2CC[C@]2(C)[C@@H](C(O)C(N)=O)CC[C@@H]12. The molecule has 0 aromatic carbocycles. The van der Waals surface area contributed by atoms with Crippen molar-refractivity contribution < 1.29 is 14.7 Å². The first kappa shape index (κ1) is 18.5. The highest BCUT2D eigenvalue weighted by Crippen LogP contribution is 2.68. The fourth-order valence-corrected chi connectivity index (χ4v) is 8.17. The summed E-state index contributed by atoms with van der Waals surface area (Å²) >= 11 is 0. The third kappa shape index (κ3) is 2.51. The lowest BCUT2D eigenvalue weighted by Crippen LogP contribution is -2.54. The van der Waals surface area contributed by atoms with Crippen molar-refractivity contribution in [2.75, 3.05) is 0 Å². The van der Waals surface area contributed by atoms with E-state index in [0.29, 0.717) is 23.2 Å². The summed E-state index contributed by atoms with van der Waals surface area (Å²) in [6.07, 6.45) is 10.4. The van der Waals surface area contributed by atoms with Crippen molar-refractivity contribution in [1.82, 2.24) is 0 Å². The summed E-state index contributed by atoms with van der Waals surface area (Å²) in [7, 11) is 0. The van der Waals surface area contributed by atoms with Crippen LogP contribution in [-0.2, 0) is 9.59 Å². The van der Waals surface area contributed by atoms with E-state index < -0.39 is 12.0 Å². The third-order valence-corrected chi connectivity index (χ3v) is 9.64. The first-order valence-electron chi connectivity index (χ1n) is 10.7. The molecule has 2 unspecified atom stereocenters. The second-order valence-corrected chi connectivity index (χ2v) is 10.4. The molecule has 0 aromatic rings. The molecule has 0 heterocycles. The molecule has 0 saturated heterocycles. The van der Waals surface area contributed by atoms with Gasteiger partial charge in [0.15, 0.2) is 0 Å². The van der Waals surface area contributed by atoms with Gasteiger partial charge < -0.3 is 15.6 Å². The topological polar surface area (TPSA) is 80.4 Å². The van der Waals surface area contributed by atoms with Gasteiger partial charge >= 0.3 is 0 Å². The Kier molecular flexibility index (Phi) is 4.49. The molecule has 4 fully saturated rings. The van der Waals surface area contributed by atoms with Gasteiger partial charge in [0.2, 0.25) is 5.91 Å². The molecule has 0 spiro atoms. The van der Waals surface area contributed by atoms with Crippen molar-refractivity contribution in [3.05, 3.63) is 0 Å². The van der Waals surface area contributed by atoms with Gasteiger partial charge in [-0.1, -0.05) is 13.8 Å². The number of hydrogen-bond acceptors (Lipinski definition) is 3. The Morgan fingerprint density at radius 3 is 2.42 bits per heavy atom. The van der Waals surface area contributed by atoms with Gasteiger partial charge in [-0.15, -0.1) is 0 Å². The van der Waals surface area contributed by atoms with Crippen LogP contribution in [0.25, 0.3) is 0 Å². The number of aliphatic hydroxyl groups excluding tert-OH is 1. The highest BCUT2D eigenvalue weighted by Gasteiger charge is 2.61. The maximum atomic E-state index is 11.6. The zero-order valence-corrected chi connectivity index (χ0v) is 16.3. The standard InChI is InChI=1S/C22H35NO3/c1-21-9-7-13(12-24)11-14(21)3-4-15-16-5-6-18(19(25)20(23)26)22(16,2)10-8-17(15)21/h12-19,25H,3-11H2,1-2H3,(H2,23,26)/t13?,14-,15-,16-,17-,18+,19?,21-,22-/m0/s1. The van der Waals surface area contributed by atoms with Gasteiger partial charge in [-0.3, -0.25) is 4.79 Å². The van der Waals surface area contributed by atoms with Crippen molar-refractivity contribution in [3.8, 4) is 0 Å². The van der Waals surface area contributed by atoms with Gasteiger partial charge in [0.05, 0.1) is 0 Å². The smallest absolute Gasteiger partial charge is 0.246 e. The van der Waals surface area contributed by atoms with E-state index in [1.54, 1.807) is 0 Å². The van der Waals surface area contributed by atoms with Gasteiger partial charge in [-0.2, -0.15) is 0 Å². The molecule has 4 aliphatic carbocycles. The van der Waals surface area contributed by atoms with E-state index in [0.717, 1.165) is 38.0 Å². The molecule has 0 radical (unpaired) electrons. The third-order valence-electron chi connectivity index (χ3n) is 9.64. The molecule has 4 saturated carbocycles. The summed E-state index contributed by atoms with van der Waals surface area (Å²) in [4.78, 5) is 22.9. The monoisotopic (exact) mass is 361 g/mol. The van der Waals surface area contributed by atoms with Crippen LogP contribution in [0.1, 0.15) is 71.6 Å². The molecule has 4 rings (SSSR count). The maximum Gasteiger partial charge on any atom is 0.246 e. The number of nitrogens with two attached hydrogens (primary N) is 1. The highest BCUT2D eigenvalue weighted by molar-refractivity contribution is 5.79. The minimum absolute atomic E-state index is 0.0299. The number of aliphatic hydroxyl groups is 1. The maximum absolute atomic E-state index is 11.6. The van der Waals surface area contributed by atoms with Crippen molar-refractivity contribution >= 4 is 12.2 Å². The zero-order chi connectivity index (χ0) is 18.7. The molecular weight excluding hydrogens is 326 g/mol. The van der Waals surface area contributed by atoms with Crippen LogP contribution in [-0.4, -0.2) is 23.4 Å². The number of amides is 1. The Bertz CT molecular complexity index is 592. The van der Waals surface area contributed by atoms with Crippen LogP contribution in [0, 0.1) is 46.3 Å². The second kappa shape index (κ2) is 6.32. The molecule has 0 bridgehead atoms. The van der Waals surface area contributed by atoms with Crippen LogP contribution in [0.2, 0.25) is 0 Å². The molecule has 4 aliphatic rings. The Morgan fingerprint density at radius 1 is 1.04 bits per heavy atom. The van der Waals surface area contributed by atoms with Crippen molar-refractivity contribution in [2.24, 2.45) is 52.1 Å². The Labute approximate surface area is 157 Å². The van der Waals surface area contributed by atoms with Gasteiger partial charge in [-0.25, -0.2) is 0 Å². The lowest BCUT2D eigenvalue weighted by Gasteiger charge is -2.61. The van der Waals surface area contributed by atoms with Gasteiger partial charge in [0.1, 0.15) is 12.4 Å². The molecule has 4 nitrogen and oxygen atoms in total. The van der Waals surface area contributed by atoms with Gasteiger partial charge in [0.25, 0.3) is 0 Å². The van der Waals surface area contributed by atoms with Crippen LogP contribution in [0.3, 0.4) is 0 Å². The Morgan fingerprint density at radius 2 is 1.73 bits per heavy atom. The largest absolute Gasteiger partial charge is 0.383 e. The molecule has 1 amide bonds. The number of primary amides is 1. The molecule has 146 valence electrons. The van der Waals surface area contributed by atoms with Crippen LogP contribution >= 0.6 is 0 Å². The van der Waals surface area contributed by atoms with E-state index in [9.17, 15) is 14.7 Å². The summed E-state index contributed by atoms with van der Waals surface area (Å²) in [6, 6.07) is 0. The number of aldehydes is 1. The molecular formula is C22H35NO3. The van der Waals surface area contributed by atoms with Crippen molar-refractivity contribution in [3.63, 3.8) is 0 Å². The minimum Gasteiger partial charge on any atom is -0.383 e. The Hall–Kier alpha value is -0.900. The second-order valence-electron chi connectivity index (χ2n) is 10.4. The Balaban J connectivity index is 1.57. The van der Waals surface area contributed by atoms with E-state index >= 15 is 0 Å². The molecule has 3 N–H and O–H groups in total. The first-order valence-corrected chi connectivity index (χ1v) is 10.7. The van der Waals surface area contributed by atoms with E-state index in [1.807, 2.05) is 0 Å². The molecule has 0 aromatic heterocycles. The number of rotatable bonds is 3. The average Bonchev–Trinajstić information content (AvgIpc) is 2.97. The molecule has 0 aliphatic heterocycles. The number of hydrogen-bond donors (Lipinski definition) is 2. The summed E-state index contributed by atoms with van der Waals surface area (Å²) in [6.45, 7) is 4.82. The number of carbonyl (C=O) groups is 2. The fraction of sp³-hybridized carbons (Fsp3) is 0.909. The molecule has 26 heavy (non-hydrogen) atoms. The predicted octanol–water partition coefficient (Wildman–Crippen LogP) is 3.31. The summed E-state index contributed by atoms with van der Waals surface area (Å²) in [5, 5.41) is 10.4. The quantitative estimate of drug-likeness (QED) is 0.757. The fourth-order valence-electron chi connectivity index (χ4n) is 8.17. The highest BCUT2D eigenvalue weighted by atomic mass is 16.3. The number of fused-ring (bicyclic) bond motifs is 5. The molecule has 4 heteroatoms. The summed E-state index contributed by atoms with van der Waals surface area (Å²) in [5.74, 6) is 2.53. The predicted molar refractivity (Wildman–Crippen MR) is 100.0 cm³/mol. The van der Waals surface area contributed by atoms with Crippen molar-refractivity contribution in [1.29, 1.82) is 0 Å². The summed E-state index contributed by atoms with van der Waals surface area (Å²) < 4.78 is 0. The lowest BCUT2D eigenvalue weighted by molar-refractivity contribution is -0.142. The number of carbonyl (C=O) groups excluding carboxylic acids is 2. The van der Waals surface area contributed by atoms with Gasteiger partial charge in [0, 0.05) is 5.92 Å². The lowest BCUT2D eigenvalue weighted by atomic mass is 9.44. The van der Waals surface area contributed by atoms with Crippen molar-refractivity contribution in [2.45, 2.75) is 77.7 Å². The van der Waals surface area contributed by atoms with Gasteiger partial charge in [-0.05, 0) is 98.2 Å². The average molecular weight is 362 g/mol. The van der Waals surface area contributed by atoms with E-state index in [-0.39, 0.29) is 17.3 Å².